The standard InChI is InChI=1S/C17H17NO/c1-12(2)13-5-4-6-14(9-13)15-7-8-16(11-18)17(10-15)19-3/h4-10,12H,1-3H3. The Bertz CT molecular complexity index is 623. The minimum atomic E-state index is 0.500. The lowest BCUT2D eigenvalue weighted by Crippen LogP contribution is -1.90. The van der Waals surface area contributed by atoms with Crippen LogP contribution in [0, 0.1) is 11.3 Å². The Morgan fingerprint density at radius 3 is 2.42 bits per heavy atom. The molecule has 0 heterocycles. The van der Waals surface area contributed by atoms with E-state index in [2.05, 4.69) is 44.2 Å². The molecule has 0 aliphatic heterocycles. The van der Waals surface area contributed by atoms with Gasteiger partial charge in [-0.2, -0.15) is 5.26 Å². The quantitative estimate of drug-likeness (QED) is 0.812. The number of rotatable bonds is 3. The van der Waals surface area contributed by atoms with E-state index in [9.17, 15) is 0 Å². The smallest absolute Gasteiger partial charge is 0.137 e. The molecule has 2 rings (SSSR count). The number of methoxy groups -OCH3 is 1. The van der Waals surface area contributed by atoms with Crippen molar-refractivity contribution in [3.63, 3.8) is 0 Å². The van der Waals surface area contributed by atoms with Crippen LogP contribution in [0.5, 0.6) is 5.75 Å². The van der Waals surface area contributed by atoms with Crippen molar-refractivity contribution in [3.05, 3.63) is 53.6 Å². The first kappa shape index (κ1) is 13.2. The van der Waals surface area contributed by atoms with Gasteiger partial charge in [0.2, 0.25) is 0 Å². The monoisotopic (exact) mass is 251 g/mol. The van der Waals surface area contributed by atoms with E-state index >= 15 is 0 Å². The summed E-state index contributed by atoms with van der Waals surface area (Å²) in [6.07, 6.45) is 0. The summed E-state index contributed by atoms with van der Waals surface area (Å²) in [5.41, 5.74) is 4.08. The summed E-state index contributed by atoms with van der Waals surface area (Å²) in [5.74, 6) is 1.12. The molecule has 0 aliphatic carbocycles. The maximum Gasteiger partial charge on any atom is 0.137 e. The molecule has 0 saturated carbocycles. The highest BCUT2D eigenvalue weighted by Crippen LogP contribution is 2.28. The molecular formula is C17H17NO. The van der Waals surface area contributed by atoms with Gasteiger partial charge in [-0.1, -0.05) is 44.2 Å². The first-order valence-corrected chi connectivity index (χ1v) is 6.34. The van der Waals surface area contributed by atoms with Crippen LogP contribution >= 0.6 is 0 Å². The van der Waals surface area contributed by atoms with Gasteiger partial charge >= 0.3 is 0 Å². The molecule has 2 aromatic rings. The average Bonchev–Trinajstić information content (AvgIpc) is 2.46. The largest absolute Gasteiger partial charge is 0.495 e. The summed E-state index contributed by atoms with van der Waals surface area (Å²) in [6.45, 7) is 4.36. The highest BCUT2D eigenvalue weighted by Gasteiger charge is 2.07. The number of hydrogen-bond acceptors (Lipinski definition) is 2. The van der Waals surface area contributed by atoms with Crippen molar-refractivity contribution in [2.45, 2.75) is 19.8 Å². The van der Waals surface area contributed by atoms with Crippen LogP contribution in [0.15, 0.2) is 42.5 Å². The Kier molecular flexibility index (Phi) is 3.87. The van der Waals surface area contributed by atoms with Crippen LogP contribution in [-0.4, -0.2) is 7.11 Å². The molecule has 2 aromatic carbocycles. The number of ether oxygens (including phenoxy) is 1. The number of hydrogen-bond donors (Lipinski definition) is 0. The fraction of sp³-hybridized carbons (Fsp3) is 0.235. The van der Waals surface area contributed by atoms with E-state index in [1.807, 2.05) is 12.1 Å². The highest BCUT2D eigenvalue weighted by molar-refractivity contribution is 5.68. The van der Waals surface area contributed by atoms with E-state index < -0.39 is 0 Å². The second kappa shape index (κ2) is 5.58. The fourth-order valence-electron chi connectivity index (χ4n) is 2.04. The molecule has 0 amide bonds. The molecule has 0 atom stereocenters. The van der Waals surface area contributed by atoms with Gasteiger partial charge in [-0.15, -0.1) is 0 Å². The van der Waals surface area contributed by atoms with Gasteiger partial charge in [-0.05, 0) is 34.7 Å². The van der Waals surface area contributed by atoms with Gasteiger partial charge < -0.3 is 4.74 Å². The first-order chi connectivity index (χ1) is 9.15. The summed E-state index contributed by atoms with van der Waals surface area (Å²) in [7, 11) is 1.59. The van der Waals surface area contributed by atoms with Gasteiger partial charge in [-0.3, -0.25) is 0 Å². The van der Waals surface area contributed by atoms with E-state index in [4.69, 9.17) is 10.00 Å². The van der Waals surface area contributed by atoms with E-state index in [1.165, 1.54) is 5.56 Å². The summed E-state index contributed by atoms with van der Waals surface area (Å²) < 4.78 is 5.25. The van der Waals surface area contributed by atoms with Crippen molar-refractivity contribution in [3.8, 4) is 22.9 Å². The van der Waals surface area contributed by atoms with Crippen LogP contribution in [0.3, 0.4) is 0 Å². The van der Waals surface area contributed by atoms with E-state index in [0.29, 0.717) is 17.2 Å². The Balaban J connectivity index is 2.48. The summed E-state index contributed by atoms with van der Waals surface area (Å²) >= 11 is 0. The molecule has 2 heteroatoms. The molecule has 0 saturated heterocycles. The summed E-state index contributed by atoms with van der Waals surface area (Å²) in [6, 6.07) is 16.3. The topological polar surface area (TPSA) is 33.0 Å². The van der Waals surface area contributed by atoms with Crippen LogP contribution in [0.25, 0.3) is 11.1 Å². The minimum absolute atomic E-state index is 0.500. The van der Waals surface area contributed by atoms with Crippen molar-refractivity contribution in [2.75, 3.05) is 7.11 Å². The molecule has 0 bridgehead atoms. The second-order valence-electron chi connectivity index (χ2n) is 4.81. The zero-order valence-electron chi connectivity index (χ0n) is 11.5. The molecule has 96 valence electrons. The third kappa shape index (κ3) is 2.77. The highest BCUT2D eigenvalue weighted by atomic mass is 16.5. The molecule has 0 radical (unpaired) electrons. The number of nitriles is 1. The molecule has 0 aromatic heterocycles. The lowest BCUT2D eigenvalue weighted by molar-refractivity contribution is 0.413. The zero-order valence-corrected chi connectivity index (χ0v) is 11.5. The molecule has 2 nitrogen and oxygen atoms in total. The van der Waals surface area contributed by atoms with Gasteiger partial charge in [-0.25, -0.2) is 0 Å². The molecular weight excluding hydrogens is 234 g/mol. The van der Waals surface area contributed by atoms with Gasteiger partial charge in [0.25, 0.3) is 0 Å². The molecule has 0 spiro atoms. The predicted octanol–water partition coefficient (Wildman–Crippen LogP) is 4.36. The SMILES string of the molecule is COc1cc(-c2cccc(C(C)C)c2)ccc1C#N. The molecule has 0 N–H and O–H groups in total. The third-order valence-electron chi connectivity index (χ3n) is 3.21. The zero-order chi connectivity index (χ0) is 13.8. The minimum Gasteiger partial charge on any atom is -0.495 e. The molecule has 0 unspecified atom stereocenters. The van der Waals surface area contributed by atoms with Crippen LogP contribution in [0.1, 0.15) is 30.9 Å². The van der Waals surface area contributed by atoms with Crippen molar-refractivity contribution in [1.29, 1.82) is 5.26 Å². The molecule has 19 heavy (non-hydrogen) atoms. The number of nitrogens with zero attached hydrogens (tertiary/aromatic N) is 1. The van der Waals surface area contributed by atoms with Gasteiger partial charge in [0.15, 0.2) is 0 Å². The van der Waals surface area contributed by atoms with Crippen molar-refractivity contribution in [1.82, 2.24) is 0 Å². The summed E-state index contributed by atoms with van der Waals surface area (Å²) in [5, 5.41) is 9.00. The predicted molar refractivity (Wildman–Crippen MR) is 77.2 cm³/mol. The van der Waals surface area contributed by atoms with Crippen molar-refractivity contribution >= 4 is 0 Å². The average molecular weight is 251 g/mol. The fourth-order valence-corrected chi connectivity index (χ4v) is 2.04. The van der Waals surface area contributed by atoms with Crippen LogP contribution in [0.2, 0.25) is 0 Å². The van der Waals surface area contributed by atoms with Crippen LogP contribution in [0.4, 0.5) is 0 Å². The van der Waals surface area contributed by atoms with Crippen molar-refractivity contribution in [2.24, 2.45) is 0 Å². The Morgan fingerprint density at radius 2 is 1.79 bits per heavy atom. The van der Waals surface area contributed by atoms with Crippen molar-refractivity contribution < 1.29 is 4.74 Å². The normalized spacial score (nSPS) is 10.3. The van der Waals surface area contributed by atoms with Gasteiger partial charge in [0, 0.05) is 0 Å². The van der Waals surface area contributed by atoms with Crippen LogP contribution in [-0.2, 0) is 0 Å². The first-order valence-electron chi connectivity index (χ1n) is 6.34. The Hall–Kier alpha value is -2.27. The maximum absolute atomic E-state index is 9.00. The Morgan fingerprint density at radius 1 is 1.05 bits per heavy atom. The summed E-state index contributed by atoms with van der Waals surface area (Å²) in [4.78, 5) is 0. The van der Waals surface area contributed by atoms with Gasteiger partial charge in [0.05, 0.1) is 12.7 Å². The lowest BCUT2D eigenvalue weighted by atomic mass is 9.97. The number of benzene rings is 2. The molecule has 0 fully saturated rings. The van der Waals surface area contributed by atoms with Gasteiger partial charge in [0.1, 0.15) is 11.8 Å². The second-order valence-corrected chi connectivity index (χ2v) is 4.81. The third-order valence-corrected chi connectivity index (χ3v) is 3.21. The van der Waals surface area contributed by atoms with E-state index in [-0.39, 0.29) is 0 Å². The van der Waals surface area contributed by atoms with E-state index in [1.54, 1.807) is 13.2 Å². The Labute approximate surface area is 114 Å². The van der Waals surface area contributed by atoms with E-state index in [0.717, 1.165) is 11.1 Å². The molecule has 0 aliphatic rings. The van der Waals surface area contributed by atoms with Crippen LogP contribution < -0.4 is 4.74 Å². The lowest BCUT2D eigenvalue weighted by Gasteiger charge is -2.10. The maximum atomic E-state index is 9.00.